The van der Waals surface area contributed by atoms with Gasteiger partial charge in [0.25, 0.3) is 0 Å². The lowest BCUT2D eigenvalue weighted by Gasteiger charge is -2.02. The Balaban J connectivity index is 3.13. The van der Waals surface area contributed by atoms with E-state index in [2.05, 4.69) is 4.74 Å². The van der Waals surface area contributed by atoms with E-state index in [9.17, 15) is 9.59 Å². The molecular weight excluding hydrogens is 240 g/mol. The van der Waals surface area contributed by atoms with Crippen LogP contribution in [0.1, 0.15) is 39.0 Å². The minimum absolute atomic E-state index is 0.106. The lowest BCUT2D eigenvalue weighted by atomic mass is 10.2. The fraction of sp³-hybridized carbons (Fsp3) is 0.833. The predicted molar refractivity (Wildman–Crippen MR) is 69.1 cm³/mol. The second-order valence-electron chi connectivity index (χ2n) is 3.55. The second-order valence-corrected chi connectivity index (χ2v) is 4.78. The van der Waals surface area contributed by atoms with Crippen LogP contribution in [0.2, 0.25) is 0 Å². The topological polar surface area (TPSA) is 52.6 Å². The van der Waals surface area contributed by atoms with Gasteiger partial charge in [0.1, 0.15) is 0 Å². The average molecular weight is 262 g/mol. The summed E-state index contributed by atoms with van der Waals surface area (Å²) in [5, 5.41) is 0. The first kappa shape index (κ1) is 16.3. The molecule has 100 valence electrons. The Morgan fingerprint density at radius 3 is 2.41 bits per heavy atom. The summed E-state index contributed by atoms with van der Waals surface area (Å²) in [6.45, 7) is 2.28. The van der Waals surface area contributed by atoms with E-state index < -0.39 is 0 Å². The Morgan fingerprint density at radius 1 is 1.00 bits per heavy atom. The Bertz CT molecular complexity index is 219. The van der Waals surface area contributed by atoms with Crippen molar-refractivity contribution < 1.29 is 19.1 Å². The lowest BCUT2D eigenvalue weighted by Crippen LogP contribution is -2.03. The van der Waals surface area contributed by atoms with Gasteiger partial charge in [-0.05, 0) is 25.5 Å². The van der Waals surface area contributed by atoms with E-state index in [1.54, 1.807) is 11.8 Å². The van der Waals surface area contributed by atoms with E-state index in [1.165, 1.54) is 7.11 Å². The molecule has 0 saturated carbocycles. The summed E-state index contributed by atoms with van der Waals surface area (Å²) in [6.07, 6.45) is 3.98. The SMILES string of the molecule is CCOC(=O)CCCCCSCCC(=O)OC. The molecule has 0 aliphatic heterocycles. The van der Waals surface area contributed by atoms with Gasteiger partial charge in [-0.15, -0.1) is 0 Å². The predicted octanol–water partition coefficient (Wildman–Crippen LogP) is 2.41. The van der Waals surface area contributed by atoms with E-state index >= 15 is 0 Å². The second kappa shape index (κ2) is 11.8. The Labute approximate surface area is 107 Å². The maximum atomic E-state index is 11.0. The van der Waals surface area contributed by atoms with Crippen LogP contribution in [0.15, 0.2) is 0 Å². The Hall–Kier alpha value is -0.710. The van der Waals surface area contributed by atoms with Crippen LogP contribution in [-0.2, 0) is 19.1 Å². The number of unbranched alkanes of at least 4 members (excludes halogenated alkanes) is 2. The van der Waals surface area contributed by atoms with Gasteiger partial charge in [0.2, 0.25) is 0 Å². The number of hydrogen-bond acceptors (Lipinski definition) is 5. The zero-order valence-corrected chi connectivity index (χ0v) is 11.5. The third kappa shape index (κ3) is 11.6. The monoisotopic (exact) mass is 262 g/mol. The fourth-order valence-corrected chi connectivity index (χ4v) is 2.17. The van der Waals surface area contributed by atoms with E-state index in [0.29, 0.717) is 19.4 Å². The molecule has 0 aliphatic carbocycles. The summed E-state index contributed by atoms with van der Waals surface area (Å²) in [5.41, 5.74) is 0. The van der Waals surface area contributed by atoms with Gasteiger partial charge >= 0.3 is 11.9 Å². The normalized spacial score (nSPS) is 10.0. The highest BCUT2D eigenvalue weighted by Crippen LogP contribution is 2.09. The number of hydrogen-bond donors (Lipinski definition) is 0. The minimum Gasteiger partial charge on any atom is -0.469 e. The maximum Gasteiger partial charge on any atom is 0.306 e. The van der Waals surface area contributed by atoms with Gasteiger partial charge < -0.3 is 9.47 Å². The third-order valence-electron chi connectivity index (χ3n) is 2.15. The Morgan fingerprint density at radius 2 is 1.76 bits per heavy atom. The molecular formula is C12H22O4S. The average Bonchev–Trinajstić information content (AvgIpc) is 2.32. The molecule has 0 fully saturated rings. The number of carbonyl (C=O) groups is 2. The summed E-state index contributed by atoms with van der Waals surface area (Å²) >= 11 is 1.75. The standard InChI is InChI=1S/C12H22O4S/c1-3-16-12(14)7-5-4-6-9-17-10-8-11(13)15-2/h3-10H2,1-2H3. The highest BCUT2D eigenvalue weighted by atomic mass is 32.2. The minimum atomic E-state index is -0.153. The van der Waals surface area contributed by atoms with Gasteiger partial charge in [0, 0.05) is 12.2 Å². The Kier molecular flexibility index (Phi) is 11.3. The van der Waals surface area contributed by atoms with Gasteiger partial charge in [-0.2, -0.15) is 11.8 Å². The molecule has 0 heterocycles. The van der Waals surface area contributed by atoms with Crippen LogP contribution in [0.3, 0.4) is 0 Å². The highest BCUT2D eigenvalue weighted by molar-refractivity contribution is 7.99. The van der Waals surface area contributed by atoms with E-state index in [-0.39, 0.29) is 11.9 Å². The molecule has 0 unspecified atom stereocenters. The zero-order valence-electron chi connectivity index (χ0n) is 10.7. The van der Waals surface area contributed by atoms with Gasteiger partial charge in [-0.3, -0.25) is 9.59 Å². The van der Waals surface area contributed by atoms with Crippen molar-refractivity contribution in [2.24, 2.45) is 0 Å². The van der Waals surface area contributed by atoms with Gasteiger partial charge in [-0.1, -0.05) is 6.42 Å². The first-order chi connectivity index (χ1) is 8.20. The van der Waals surface area contributed by atoms with E-state index in [1.807, 2.05) is 6.92 Å². The first-order valence-corrected chi connectivity index (χ1v) is 7.16. The van der Waals surface area contributed by atoms with Crippen LogP contribution < -0.4 is 0 Å². The molecule has 0 aromatic rings. The quantitative estimate of drug-likeness (QED) is 0.447. The van der Waals surface area contributed by atoms with Crippen molar-refractivity contribution in [1.29, 1.82) is 0 Å². The molecule has 0 atom stereocenters. The first-order valence-electron chi connectivity index (χ1n) is 6.00. The molecule has 5 heteroatoms. The summed E-state index contributed by atoms with van der Waals surface area (Å²) < 4.78 is 9.37. The van der Waals surface area contributed by atoms with Gasteiger partial charge in [0.05, 0.1) is 20.1 Å². The molecule has 0 rings (SSSR count). The molecule has 0 saturated heterocycles. The number of thioether (sulfide) groups is 1. The number of ether oxygens (including phenoxy) is 2. The van der Waals surface area contributed by atoms with Crippen LogP contribution in [0, 0.1) is 0 Å². The van der Waals surface area contributed by atoms with Gasteiger partial charge in [0.15, 0.2) is 0 Å². The summed E-state index contributed by atoms with van der Waals surface area (Å²) in [7, 11) is 1.41. The van der Waals surface area contributed by atoms with Crippen LogP contribution in [-0.4, -0.2) is 37.2 Å². The van der Waals surface area contributed by atoms with Crippen LogP contribution in [0.5, 0.6) is 0 Å². The van der Waals surface area contributed by atoms with E-state index in [0.717, 1.165) is 30.8 Å². The van der Waals surface area contributed by atoms with Crippen LogP contribution >= 0.6 is 11.8 Å². The molecule has 0 amide bonds. The molecule has 0 bridgehead atoms. The van der Waals surface area contributed by atoms with Crippen molar-refractivity contribution >= 4 is 23.7 Å². The van der Waals surface area contributed by atoms with Crippen LogP contribution in [0.25, 0.3) is 0 Å². The highest BCUT2D eigenvalue weighted by Gasteiger charge is 2.01. The molecule has 0 aromatic carbocycles. The number of carbonyl (C=O) groups excluding carboxylic acids is 2. The lowest BCUT2D eigenvalue weighted by molar-refractivity contribution is -0.143. The summed E-state index contributed by atoms with van der Waals surface area (Å²) in [4.78, 5) is 21.8. The van der Waals surface area contributed by atoms with Crippen LogP contribution in [0.4, 0.5) is 0 Å². The molecule has 0 spiro atoms. The van der Waals surface area contributed by atoms with Crippen molar-refractivity contribution in [2.75, 3.05) is 25.2 Å². The number of esters is 2. The van der Waals surface area contributed by atoms with Crippen molar-refractivity contribution in [3.63, 3.8) is 0 Å². The van der Waals surface area contributed by atoms with Crippen molar-refractivity contribution in [1.82, 2.24) is 0 Å². The van der Waals surface area contributed by atoms with Crippen molar-refractivity contribution in [3.05, 3.63) is 0 Å². The summed E-state index contributed by atoms with van der Waals surface area (Å²) in [5.74, 6) is 1.58. The van der Waals surface area contributed by atoms with E-state index in [4.69, 9.17) is 4.74 Å². The largest absolute Gasteiger partial charge is 0.469 e. The molecule has 17 heavy (non-hydrogen) atoms. The number of rotatable bonds is 10. The molecule has 0 radical (unpaired) electrons. The maximum absolute atomic E-state index is 11.0. The van der Waals surface area contributed by atoms with Crippen molar-refractivity contribution in [3.8, 4) is 0 Å². The van der Waals surface area contributed by atoms with Gasteiger partial charge in [-0.25, -0.2) is 0 Å². The zero-order chi connectivity index (χ0) is 12.9. The third-order valence-corrected chi connectivity index (χ3v) is 3.22. The molecule has 0 N–H and O–H groups in total. The molecule has 4 nitrogen and oxygen atoms in total. The van der Waals surface area contributed by atoms with Crippen molar-refractivity contribution in [2.45, 2.75) is 39.0 Å². The number of methoxy groups -OCH3 is 1. The smallest absolute Gasteiger partial charge is 0.306 e. The molecule has 0 aliphatic rings. The summed E-state index contributed by atoms with van der Waals surface area (Å²) in [6, 6.07) is 0. The fourth-order valence-electron chi connectivity index (χ4n) is 1.24. The molecule has 0 aromatic heterocycles.